The first-order valence-corrected chi connectivity index (χ1v) is 13.5. The van der Waals surface area contributed by atoms with Gasteiger partial charge >= 0.3 is 0 Å². The number of fused-ring (bicyclic) bond motifs is 3. The lowest BCUT2D eigenvalue weighted by Gasteiger charge is -2.34. The molecule has 1 fully saturated rings. The summed E-state index contributed by atoms with van der Waals surface area (Å²) in [5.41, 5.74) is 3.51. The monoisotopic (exact) mass is 534 g/mol. The van der Waals surface area contributed by atoms with Crippen molar-refractivity contribution < 1.29 is 13.9 Å². The second kappa shape index (κ2) is 9.87. The fourth-order valence-corrected chi connectivity index (χ4v) is 5.66. The summed E-state index contributed by atoms with van der Waals surface area (Å²) in [5, 5.41) is 9.06. The summed E-state index contributed by atoms with van der Waals surface area (Å²) >= 11 is 0. The lowest BCUT2D eigenvalue weighted by Crippen LogP contribution is -2.35. The van der Waals surface area contributed by atoms with Crippen LogP contribution in [0.1, 0.15) is 50.4 Å². The van der Waals surface area contributed by atoms with Crippen molar-refractivity contribution in [2.75, 3.05) is 27.3 Å². The van der Waals surface area contributed by atoms with E-state index in [2.05, 4.69) is 48.0 Å². The zero-order valence-electron chi connectivity index (χ0n) is 23.3. The average Bonchev–Trinajstić information content (AvgIpc) is 3.58. The Kier molecular flexibility index (Phi) is 6.50. The lowest BCUT2D eigenvalue weighted by molar-refractivity contribution is -0.0225. The van der Waals surface area contributed by atoms with Crippen LogP contribution in [0.5, 0.6) is 5.75 Å². The van der Waals surface area contributed by atoms with Crippen molar-refractivity contribution in [1.82, 2.24) is 39.0 Å². The first kappa shape index (κ1) is 25.7. The van der Waals surface area contributed by atoms with Crippen LogP contribution in [-0.2, 0) is 18.3 Å². The third kappa shape index (κ3) is 4.53. The molecule has 206 valence electrons. The molecule has 0 aliphatic carbocycles. The average molecular weight is 535 g/mol. The molecular weight excluding hydrogens is 499 g/mol. The number of nitrogens with zero attached hydrogens (tertiary/aromatic N) is 8. The molecule has 4 aromatic rings. The summed E-state index contributed by atoms with van der Waals surface area (Å²) in [4.78, 5) is 11.8. The van der Waals surface area contributed by atoms with Gasteiger partial charge in [-0.3, -0.25) is 4.68 Å². The second-order valence-corrected chi connectivity index (χ2v) is 10.9. The van der Waals surface area contributed by atoms with Crippen LogP contribution < -0.4 is 4.74 Å². The van der Waals surface area contributed by atoms with Crippen LogP contribution in [0.3, 0.4) is 0 Å². The van der Waals surface area contributed by atoms with Gasteiger partial charge in [-0.2, -0.15) is 10.2 Å². The Balaban J connectivity index is 1.45. The van der Waals surface area contributed by atoms with Crippen LogP contribution in [0.2, 0.25) is 0 Å². The van der Waals surface area contributed by atoms with Crippen molar-refractivity contribution in [2.45, 2.75) is 58.3 Å². The lowest BCUT2D eigenvalue weighted by atomic mass is 9.94. The van der Waals surface area contributed by atoms with Crippen molar-refractivity contribution in [3.8, 4) is 39.8 Å². The molecular formula is C28H35FN8O2. The van der Waals surface area contributed by atoms with Gasteiger partial charge in [0.1, 0.15) is 41.6 Å². The van der Waals surface area contributed by atoms with Crippen LogP contribution in [0.4, 0.5) is 4.39 Å². The van der Waals surface area contributed by atoms with Gasteiger partial charge in [-0.1, -0.05) is 0 Å². The van der Waals surface area contributed by atoms with Crippen molar-refractivity contribution in [3.05, 3.63) is 41.9 Å². The highest BCUT2D eigenvalue weighted by Gasteiger charge is 2.31. The van der Waals surface area contributed by atoms with Crippen LogP contribution in [0.25, 0.3) is 34.0 Å². The van der Waals surface area contributed by atoms with Gasteiger partial charge < -0.3 is 18.9 Å². The first-order chi connectivity index (χ1) is 18.7. The second-order valence-electron chi connectivity index (χ2n) is 10.9. The predicted molar refractivity (Wildman–Crippen MR) is 145 cm³/mol. The van der Waals surface area contributed by atoms with Gasteiger partial charge in [-0.25, -0.2) is 19.0 Å². The largest absolute Gasteiger partial charge is 0.491 e. The van der Waals surface area contributed by atoms with Gasteiger partial charge in [0, 0.05) is 49.1 Å². The number of halogens is 1. The van der Waals surface area contributed by atoms with E-state index in [0.717, 1.165) is 35.4 Å². The highest BCUT2D eigenvalue weighted by molar-refractivity contribution is 5.77. The fourth-order valence-electron chi connectivity index (χ4n) is 5.66. The van der Waals surface area contributed by atoms with E-state index in [9.17, 15) is 0 Å². The molecule has 2 atom stereocenters. The molecule has 39 heavy (non-hydrogen) atoms. The molecule has 1 aromatic carbocycles. The van der Waals surface area contributed by atoms with E-state index in [0.29, 0.717) is 54.6 Å². The molecule has 0 spiro atoms. The zero-order chi connectivity index (χ0) is 27.4. The van der Waals surface area contributed by atoms with E-state index < -0.39 is 0 Å². The quantitative estimate of drug-likeness (QED) is 0.375. The Morgan fingerprint density at radius 2 is 1.90 bits per heavy atom. The van der Waals surface area contributed by atoms with E-state index in [1.807, 2.05) is 35.5 Å². The van der Waals surface area contributed by atoms with Gasteiger partial charge in [0.25, 0.3) is 0 Å². The summed E-state index contributed by atoms with van der Waals surface area (Å²) < 4.78 is 33.6. The minimum Gasteiger partial charge on any atom is -0.491 e. The summed E-state index contributed by atoms with van der Waals surface area (Å²) in [7, 11) is 6.06. The maximum absolute atomic E-state index is 15.7. The number of benzene rings is 1. The fraction of sp³-hybridized carbons (Fsp3) is 0.500. The number of ether oxygens (including phenoxy) is 2. The van der Waals surface area contributed by atoms with Gasteiger partial charge in [-0.05, 0) is 53.8 Å². The summed E-state index contributed by atoms with van der Waals surface area (Å²) in [5.74, 6) is 2.23. The standard InChI is InChI=1S/C28H35FN8O2/c1-16(2)37-28(31-17(3)33-37)23-15-36-8-10-39-24-13-22(29)19(12-20(24)27(36)32-23)21-14-30-35(6)26(21)25-11-18(34(4)5)7-9-38-25/h12-16,18,25H,7-11H2,1-6H3. The van der Waals surface area contributed by atoms with E-state index in [4.69, 9.17) is 14.5 Å². The molecule has 5 heterocycles. The Morgan fingerprint density at radius 1 is 1.08 bits per heavy atom. The van der Waals surface area contributed by atoms with Crippen molar-refractivity contribution in [1.29, 1.82) is 0 Å². The first-order valence-electron chi connectivity index (χ1n) is 13.5. The topological polar surface area (TPSA) is 88.0 Å². The van der Waals surface area contributed by atoms with Gasteiger partial charge in [0.2, 0.25) is 0 Å². The molecule has 2 aliphatic heterocycles. The minimum absolute atomic E-state index is 0.136. The normalized spacial score (nSPS) is 19.2. The third-order valence-electron chi connectivity index (χ3n) is 7.70. The number of hydrogen-bond donors (Lipinski definition) is 0. The van der Waals surface area contributed by atoms with Crippen LogP contribution in [-0.4, -0.2) is 72.3 Å². The van der Waals surface area contributed by atoms with Crippen LogP contribution >= 0.6 is 0 Å². The molecule has 0 bridgehead atoms. The van der Waals surface area contributed by atoms with E-state index >= 15 is 4.39 Å². The van der Waals surface area contributed by atoms with E-state index in [-0.39, 0.29) is 18.0 Å². The number of aryl methyl sites for hydroxylation is 2. The maximum atomic E-state index is 15.7. The van der Waals surface area contributed by atoms with Crippen LogP contribution in [0.15, 0.2) is 24.5 Å². The maximum Gasteiger partial charge on any atom is 0.178 e. The molecule has 10 nitrogen and oxygen atoms in total. The smallest absolute Gasteiger partial charge is 0.178 e. The number of imidazole rings is 1. The van der Waals surface area contributed by atoms with Crippen molar-refractivity contribution in [3.63, 3.8) is 0 Å². The molecule has 0 radical (unpaired) electrons. The minimum atomic E-state index is -0.363. The molecule has 11 heteroatoms. The SMILES string of the molecule is Cc1nc(-c2cn3c(n2)-c2cc(-c4cnn(C)c4C4CC(N(C)C)CCO4)c(F)cc2OCC3)n(C(C)C)n1. The Bertz CT molecular complexity index is 1520. The third-order valence-corrected chi connectivity index (χ3v) is 7.70. The summed E-state index contributed by atoms with van der Waals surface area (Å²) in [6.07, 6.45) is 5.31. The molecule has 3 aromatic heterocycles. The summed E-state index contributed by atoms with van der Waals surface area (Å²) in [6.45, 7) is 7.66. The molecule has 2 unspecified atom stereocenters. The molecule has 6 rings (SSSR count). The van der Waals surface area contributed by atoms with Gasteiger partial charge in [-0.15, -0.1) is 0 Å². The Hall–Kier alpha value is -3.57. The molecule has 2 aliphatic rings. The molecule has 0 saturated carbocycles. The number of hydrogen-bond acceptors (Lipinski definition) is 7. The van der Waals surface area contributed by atoms with Crippen molar-refractivity contribution >= 4 is 0 Å². The Morgan fingerprint density at radius 3 is 2.67 bits per heavy atom. The number of rotatable bonds is 5. The summed E-state index contributed by atoms with van der Waals surface area (Å²) in [6, 6.07) is 3.83. The zero-order valence-corrected chi connectivity index (χ0v) is 23.3. The Labute approximate surface area is 227 Å². The van der Waals surface area contributed by atoms with Gasteiger partial charge in [0.05, 0.1) is 24.0 Å². The van der Waals surface area contributed by atoms with Gasteiger partial charge in [0.15, 0.2) is 5.82 Å². The highest BCUT2D eigenvalue weighted by atomic mass is 19.1. The van der Waals surface area contributed by atoms with E-state index in [1.165, 1.54) is 6.07 Å². The van der Waals surface area contributed by atoms with Crippen molar-refractivity contribution in [2.24, 2.45) is 7.05 Å². The number of aromatic nitrogens is 7. The van der Waals surface area contributed by atoms with Crippen LogP contribution in [0, 0.1) is 12.7 Å². The molecule has 0 N–H and O–H groups in total. The van der Waals surface area contributed by atoms with E-state index in [1.54, 1.807) is 10.9 Å². The predicted octanol–water partition coefficient (Wildman–Crippen LogP) is 4.41. The highest BCUT2D eigenvalue weighted by Crippen LogP contribution is 2.42. The molecule has 1 saturated heterocycles. The molecule has 0 amide bonds.